The molecular weight excluding hydrogens is 494 g/mol. The number of carbonyl (C=O) groups is 2. The first-order valence-electron chi connectivity index (χ1n) is 12.5. The predicted molar refractivity (Wildman–Crippen MR) is 139 cm³/mol. The van der Waals surface area contributed by atoms with Crippen LogP contribution in [0.4, 0.5) is 5.69 Å². The van der Waals surface area contributed by atoms with E-state index in [2.05, 4.69) is 5.32 Å². The van der Waals surface area contributed by atoms with Crippen LogP contribution in [-0.4, -0.2) is 75.1 Å². The number of rotatable bonds is 14. The van der Waals surface area contributed by atoms with Gasteiger partial charge < -0.3 is 39.2 Å². The zero-order valence-corrected chi connectivity index (χ0v) is 21.6. The molecule has 1 aliphatic heterocycles. The van der Waals surface area contributed by atoms with Gasteiger partial charge in [0, 0.05) is 25.0 Å². The number of esters is 1. The lowest BCUT2D eigenvalue weighted by Crippen LogP contribution is -2.38. The third-order valence-corrected chi connectivity index (χ3v) is 6.01. The smallest absolute Gasteiger partial charge is 0.337 e. The van der Waals surface area contributed by atoms with Crippen LogP contribution in [0.15, 0.2) is 60.4 Å². The number of allylic oxidation sites excluding steroid dienone is 1. The number of ether oxygens (including phenoxy) is 5. The maximum Gasteiger partial charge on any atom is 0.337 e. The fourth-order valence-electron chi connectivity index (χ4n) is 4.15. The van der Waals surface area contributed by atoms with Crippen molar-refractivity contribution in [3.63, 3.8) is 0 Å². The molecule has 0 aliphatic carbocycles. The Morgan fingerprint density at radius 2 is 1.71 bits per heavy atom. The van der Waals surface area contributed by atoms with E-state index < -0.39 is 18.2 Å². The van der Waals surface area contributed by atoms with Gasteiger partial charge in [0.15, 0.2) is 5.76 Å². The number of hydrogen-bond acceptors (Lipinski definition) is 9. The monoisotopic (exact) mass is 529 g/mol. The third-order valence-electron chi connectivity index (χ3n) is 6.01. The zero-order valence-electron chi connectivity index (χ0n) is 21.6. The summed E-state index contributed by atoms with van der Waals surface area (Å²) in [6.07, 6.45) is 1.54. The molecule has 0 saturated heterocycles. The lowest BCUT2D eigenvalue weighted by molar-refractivity contribution is -0.166. The highest BCUT2D eigenvalue weighted by molar-refractivity contribution is 6.03. The van der Waals surface area contributed by atoms with Gasteiger partial charge in [0.25, 0.3) is 5.91 Å². The van der Waals surface area contributed by atoms with E-state index in [-0.39, 0.29) is 42.2 Å². The molecule has 1 amide bonds. The highest BCUT2D eigenvalue weighted by atomic mass is 16.7. The van der Waals surface area contributed by atoms with Crippen LogP contribution in [-0.2, 0) is 28.5 Å². The predicted octanol–water partition coefficient (Wildman–Crippen LogP) is 3.21. The number of carbonyl (C=O) groups excluding carboxylic acids is 2. The number of aromatic hydroxyl groups is 1. The number of aliphatic hydroxyl groups is 1. The number of phenolic OH excluding ortho intramolecular Hbond substituents is 1. The molecule has 1 heterocycles. The van der Waals surface area contributed by atoms with Crippen LogP contribution < -0.4 is 5.32 Å². The minimum atomic E-state index is -0.741. The van der Waals surface area contributed by atoms with Gasteiger partial charge in [-0.2, -0.15) is 0 Å². The Labute approximate surface area is 222 Å². The topological polar surface area (TPSA) is 133 Å². The molecule has 10 heteroatoms. The first-order chi connectivity index (χ1) is 18.5. The van der Waals surface area contributed by atoms with Crippen LogP contribution >= 0.6 is 0 Å². The van der Waals surface area contributed by atoms with E-state index in [9.17, 15) is 14.7 Å². The molecule has 0 fully saturated rings. The van der Waals surface area contributed by atoms with Crippen molar-refractivity contribution in [3.8, 4) is 5.75 Å². The Kier molecular flexibility index (Phi) is 11.6. The molecule has 206 valence electrons. The molecule has 0 radical (unpaired) electrons. The Morgan fingerprint density at radius 3 is 2.37 bits per heavy atom. The summed E-state index contributed by atoms with van der Waals surface area (Å²) in [6.45, 7) is 3.55. The standard InChI is InChI=1S/C28H35NO9/c1-3-37-28-21(12-14-35-16-17-36-15-13-30)22(19-8-10-20(11-9-19)27(33)34-2)18-25(38-28)26(32)29-23-6-4-5-7-24(23)31/h4-11,18,21-22,28,30-31H,3,12-17H2,1-2H3,(H,29,32)/t21-,22-,28-/m0/s1. The summed E-state index contributed by atoms with van der Waals surface area (Å²) >= 11 is 0. The van der Waals surface area contributed by atoms with Crippen LogP contribution in [0, 0.1) is 5.92 Å². The van der Waals surface area contributed by atoms with Gasteiger partial charge in [0.2, 0.25) is 6.29 Å². The van der Waals surface area contributed by atoms with Gasteiger partial charge in [-0.15, -0.1) is 0 Å². The largest absolute Gasteiger partial charge is 0.506 e. The van der Waals surface area contributed by atoms with E-state index in [1.165, 1.54) is 13.2 Å². The average molecular weight is 530 g/mol. The number of aliphatic hydroxyl groups excluding tert-OH is 1. The fourth-order valence-corrected chi connectivity index (χ4v) is 4.15. The van der Waals surface area contributed by atoms with Gasteiger partial charge in [-0.1, -0.05) is 24.3 Å². The van der Waals surface area contributed by atoms with Gasteiger partial charge in [-0.05, 0) is 49.2 Å². The number of methoxy groups -OCH3 is 1. The van der Waals surface area contributed by atoms with Crippen molar-refractivity contribution >= 4 is 17.6 Å². The first-order valence-corrected chi connectivity index (χ1v) is 12.5. The number of phenols is 1. The van der Waals surface area contributed by atoms with Crippen LogP contribution in [0.5, 0.6) is 5.75 Å². The Bertz CT molecular complexity index is 1070. The second kappa shape index (κ2) is 15.1. The summed E-state index contributed by atoms with van der Waals surface area (Å²) in [4.78, 5) is 25.1. The van der Waals surface area contributed by atoms with Crippen LogP contribution in [0.25, 0.3) is 0 Å². The molecular formula is C28H35NO9. The van der Waals surface area contributed by atoms with Crippen LogP contribution in [0.2, 0.25) is 0 Å². The summed E-state index contributed by atoms with van der Waals surface area (Å²) in [5.41, 5.74) is 1.52. The van der Waals surface area contributed by atoms with Crippen molar-refractivity contribution in [2.75, 3.05) is 52.1 Å². The molecule has 0 unspecified atom stereocenters. The molecule has 3 rings (SSSR count). The quantitative estimate of drug-likeness (QED) is 0.192. The molecule has 3 N–H and O–H groups in total. The Balaban J connectivity index is 1.85. The maximum atomic E-state index is 13.1. The molecule has 3 atom stereocenters. The third kappa shape index (κ3) is 8.03. The van der Waals surface area contributed by atoms with Crippen molar-refractivity contribution in [2.45, 2.75) is 25.6 Å². The van der Waals surface area contributed by atoms with Crippen molar-refractivity contribution in [2.24, 2.45) is 5.92 Å². The first kappa shape index (κ1) is 29.1. The highest BCUT2D eigenvalue weighted by Gasteiger charge is 2.38. The van der Waals surface area contributed by atoms with Crippen molar-refractivity contribution in [3.05, 3.63) is 71.5 Å². The second-order valence-corrected chi connectivity index (χ2v) is 8.48. The molecule has 10 nitrogen and oxygen atoms in total. The van der Waals surface area contributed by atoms with Gasteiger partial charge in [-0.25, -0.2) is 4.79 Å². The van der Waals surface area contributed by atoms with Gasteiger partial charge in [0.1, 0.15) is 5.75 Å². The molecule has 2 aromatic rings. The molecule has 2 aromatic carbocycles. The van der Waals surface area contributed by atoms with E-state index >= 15 is 0 Å². The van der Waals surface area contributed by atoms with Crippen molar-refractivity contribution < 1.29 is 43.5 Å². The molecule has 38 heavy (non-hydrogen) atoms. The minimum absolute atomic E-state index is 0.0436. The summed E-state index contributed by atoms with van der Waals surface area (Å²) in [5.74, 6) is -1.48. The Morgan fingerprint density at radius 1 is 1.00 bits per heavy atom. The SMILES string of the molecule is CCO[C@H]1OC(C(=O)Nc2ccccc2O)=C[C@@H](c2ccc(C(=O)OC)cc2)[C@@H]1CCOCCOCCO. The number of para-hydroxylation sites is 2. The Hall–Kier alpha value is -3.44. The van der Waals surface area contributed by atoms with Crippen LogP contribution in [0.3, 0.4) is 0 Å². The second-order valence-electron chi connectivity index (χ2n) is 8.48. The lowest BCUT2D eigenvalue weighted by Gasteiger charge is -2.37. The summed E-state index contributed by atoms with van der Waals surface area (Å²) in [5, 5.41) is 21.6. The molecule has 1 aliphatic rings. The summed E-state index contributed by atoms with van der Waals surface area (Å²) in [6, 6.07) is 13.4. The van der Waals surface area contributed by atoms with Gasteiger partial charge in [-0.3, -0.25) is 4.79 Å². The summed E-state index contributed by atoms with van der Waals surface area (Å²) < 4.78 is 27.7. The average Bonchev–Trinajstić information content (AvgIpc) is 2.94. The van der Waals surface area contributed by atoms with Crippen LogP contribution in [0.1, 0.15) is 35.2 Å². The molecule has 0 bridgehead atoms. The van der Waals surface area contributed by atoms with E-state index in [4.69, 9.17) is 28.8 Å². The van der Waals surface area contributed by atoms with E-state index in [0.29, 0.717) is 38.4 Å². The number of hydrogen-bond donors (Lipinski definition) is 3. The summed E-state index contributed by atoms with van der Waals surface area (Å²) in [7, 11) is 1.32. The maximum absolute atomic E-state index is 13.1. The van der Waals surface area contributed by atoms with Gasteiger partial charge in [0.05, 0.1) is 44.8 Å². The zero-order chi connectivity index (χ0) is 27.3. The van der Waals surface area contributed by atoms with E-state index in [0.717, 1.165) is 5.56 Å². The highest BCUT2D eigenvalue weighted by Crippen LogP contribution is 2.39. The van der Waals surface area contributed by atoms with E-state index in [1.54, 1.807) is 36.4 Å². The molecule has 0 spiro atoms. The number of nitrogens with one attached hydrogen (secondary N) is 1. The van der Waals surface area contributed by atoms with Crippen molar-refractivity contribution in [1.29, 1.82) is 0 Å². The van der Waals surface area contributed by atoms with E-state index in [1.807, 2.05) is 19.1 Å². The molecule has 0 saturated carbocycles. The van der Waals surface area contributed by atoms with Crippen molar-refractivity contribution in [1.82, 2.24) is 0 Å². The normalized spacial score (nSPS) is 18.8. The molecule has 0 aromatic heterocycles. The number of anilines is 1. The minimum Gasteiger partial charge on any atom is -0.506 e. The van der Waals surface area contributed by atoms with Gasteiger partial charge >= 0.3 is 5.97 Å². The fraction of sp³-hybridized carbons (Fsp3) is 0.429. The number of amides is 1. The lowest BCUT2D eigenvalue weighted by atomic mass is 9.81. The number of benzene rings is 2.